The summed E-state index contributed by atoms with van der Waals surface area (Å²) in [5.41, 5.74) is 0. The third-order valence-electron chi connectivity index (χ3n) is 4.42. The second-order valence-electron chi connectivity index (χ2n) is 6.49. The minimum atomic E-state index is -4.78. The SMILES string of the molecule is CO[C@@H]1C#CCCN(C(=O)CCC(=O)Oc2c(Cl)cc(S(=O)(=O)[O-])cc2Cl)C[C@H]1OC.[Na+]. The molecule has 1 aliphatic heterocycles. The minimum Gasteiger partial charge on any atom is -0.744 e. The Labute approximate surface area is 218 Å². The van der Waals surface area contributed by atoms with E-state index in [1.54, 1.807) is 0 Å². The van der Waals surface area contributed by atoms with Gasteiger partial charge in [0.05, 0.1) is 27.9 Å². The Bertz CT molecular complexity index is 985. The molecule has 170 valence electrons. The maximum Gasteiger partial charge on any atom is 1.00 e. The van der Waals surface area contributed by atoms with Gasteiger partial charge in [-0.05, 0) is 12.1 Å². The first-order chi connectivity index (χ1) is 14.6. The number of carbonyl (C=O) groups excluding carboxylic acids is 2. The molecule has 13 heteroatoms. The topological polar surface area (TPSA) is 122 Å². The van der Waals surface area contributed by atoms with Gasteiger partial charge >= 0.3 is 35.5 Å². The van der Waals surface area contributed by atoms with Crippen LogP contribution in [-0.2, 0) is 29.2 Å². The molecular formula is C19H20Cl2NNaO8S. The van der Waals surface area contributed by atoms with Gasteiger partial charge in [-0.2, -0.15) is 0 Å². The molecule has 0 fully saturated rings. The summed E-state index contributed by atoms with van der Waals surface area (Å²) in [4.78, 5) is 25.6. The molecule has 0 unspecified atom stereocenters. The number of hydrogen-bond acceptors (Lipinski definition) is 8. The van der Waals surface area contributed by atoms with E-state index in [0.717, 1.165) is 12.1 Å². The van der Waals surface area contributed by atoms with Crippen molar-refractivity contribution in [1.29, 1.82) is 0 Å². The Kier molecular flexibility index (Phi) is 12.0. The van der Waals surface area contributed by atoms with Gasteiger partial charge in [-0.1, -0.05) is 35.0 Å². The van der Waals surface area contributed by atoms with Crippen LogP contribution in [0.1, 0.15) is 19.3 Å². The van der Waals surface area contributed by atoms with E-state index >= 15 is 0 Å². The molecule has 1 aromatic carbocycles. The summed E-state index contributed by atoms with van der Waals surface area (Å²) in [7, 11) is -1.78. The van der Waals surface area contributed by atoms with E-state index < -0.39 is 33.2 Å². The van der Waals surface area contributed by atoms with Crippen molar-refractivity contribution in [1.82, 2.24) is 4.90 Å². The summed E-state index contributed by atoms with van der Waals surface area (Å²) >= 11 is 11.8. The monoisotopic (exact) mass is 515 g/mol. The number of halogens is 2. The first-order valence-electron chi connectivity index (χ1n) is 9.04. The summed E-state index contributed by atoms with van der Waals surface area (Å²) in [6, 6.07) is 1.67. The molecule has 1 amide bonds. The smallest absolute Gasteiger partial charge is 0.744 e. The Morgan fingerprint density at radius 1 is 1.19 bits per heavy atom. The van der Waals surface area contributed by atoms with Crippen LogP contribution in [0, 0.1) is 11.8 Å². The Morgan fingerprint density at radius 2 is 1.81 bits per heavy atom. The molecular weight excluding hydrogens is 496 g/mol. The number of methoxy groups -OCH3 is 2. The van der Waals surface area contributed by atoms with Crippen molar-refractivity contribution in [3.63, 3.8) is 0 Å². The van der Waals surface area contributed by atoms with Crippen molar-refractivity contribution in [2.45, 2.75) is 36.4 Å². The van der Waals surface area contributed by atoms with Crippen molar-refractivity contribution >= 4 is 45.2 Å². The summed E-state index contributed by atoms with van der Waals surface area (Å²) in [5, 5.41) is -0.644. The van der Waals surface area contributed by atoms with Crippen LogP contribution in [0.4, 0.5) is 0 Å². The van der Waals surface area contributed by atoms with Crippen molar-refractivity contribution in [3.05, 3.63) is 22.2 Å². The largest absolute Gasteiger partial charge is 1.00 e. The van der Waals surface area contributed by atoms with E-state index in [2.05, 4.69) is 11.8 Å². The van der Waals surface area contributed by atoms with Gasteiger partial charge in [0, 0.05) is 33.6 Å². The van der Waals surface area contributed by atoms with Crippen LogP contribution in [0.2, 0.25) is 10.0 Å². The quantitative estimate of drug-likeness (QED) is 0.147. The zero-order chi connectivity index (χ0) is 23.2. The summed E-state index contributed by atoms with van der Waals surface area (Å²) in [6.45, 7) is 0.625. The summed E-state index contributed by atoms with van der Waals surface area (Å²) in [5.74, 6) is 4.47. The van der Waals surface area contributed by atoms with Crippen molar-refractivity contribution in [2.75, 3.05) is 27.3 Å². The maximum atomic E-state index is 12.6. The number of amides is 1. The van der Waals surface area contributed by atoms with Crippen LogP contribution in [0.25, 0.3) is 0 Å². The zero-order valence-electron chi connectivity index (χ0n) is 17.7. The second-order valence-corrected chi connectivity index (χ2v) is 8.68. The molecule has 0 N–H and O–H groups in total. The predicted molar refractivity (Wildman–Crippen MR) is 110 cm³/mol. The summed E-state index contributed by atoms with van der Waals surface area (Å²) < 4.78 is 49.0. The maximum absolute atomic E-state index is 12.6. The third kappa shape index (κ3) is 8.17. The van der Waals surface area contributed by atoms with Crippen molar-refractivity contribution < 1.29 is 66.3 Å². The molecule has 0 radical (unpaired) electrons. The number of rotatable bonds is 7. The van der Waals surface area contributed by atoms with Gasteiger partial charge in [-0.15, -0.1) is 0 Å². The van der Waals surface area contributed by atoms with Gasteiger partial charge in [-0.3, -0.25) is 9.59 Å². The normalized spacial score (nSPS) is 18.5. The Morgan fingerprint density at radius 3 is 2.34 bits per heavy atom. The number of carbonyl (C=O) groups is 2. The van der Waals surface area contributed by atoms with Gasteiger partial charge in [0.2, 0.25) is 5.91 Å². The minimum absolute atomic E-state index is 0. The first kappa shape index (κ1) is 29.2. The fourth-order valence-corrected chi connectivity index (χ4v) is 4.02. The van der Waals surface area contributed by atoms with Gasteiger partial charge in [0.25, 0.3) is 0 Å². The van der Waals surface area contributed by atoms with Crippen LogP contribution >= 0.6 is 23.2 Å². The number of benzene rings is 1. The van der Waals surface area contributed by atoms with Gasteiger partial charge in [0.15, 0.2) is 5.75 Å². The second kappa shape index (κ2) is 13.1. The standard InChI is InChI=1S/C19H21Cl2NO8S.Na/c1-28-15-5-3-4-8-22(11-16(15)29-2)17(23)6-7-18(24)30-19-13(20)9-12(10-14(19)21)31(25,26)27;/h9-10,15-16H,4,6-8,11H2,1-2H3,(H,25,26,27);/q;+1/p-1/t15-,16-;/m1./s1. The molecule has 32 heavy (non-hydrogen) atoms. The van der Waals surface area contributed by atoms with E-state index in [4.69, 9.17) is 37.4 Å². The molecule has 0 saturated heterocycles. The van der Waals surface area contributed by atoms with Crippen LogP contribution in [0.3, 0.4) is 0 Å². The van der Waals surface area contributed by atoms with Crippen LogP contribution < -0.4 is 34.3 Å². The molecule has 0 bridgehead atoms. The van der Waals surface area contributed by atoms with Gasteiger partial charge in [0.1, 0.15) is 22.3 Å². The van der Waals surface area contributed by atoms with Crippen molar-refractivity contribution in [3.8, 4) is 17.6 Å². The summed E-state index contributed by atoms with van der Waals surface area (Å²) in [6.07, 6.45) is -0.895. The molecule has 0 saturated carbocycles. The molecule has 9 nitrogen and oxygen atoms in total. The molecule has 2 atom stereocenters. The molecule has 0 aromatic heterocycles. The molecule has 2 rings (SSSR count). The fourth-order valence-electron chi connectivity index (χ4n) is 2.81. The van der Waals surface area contributed by atoms with E-state index in [1.165, 1.54) is 19.1 Å². The van der Waals surface area contributed by atoms with Gasteiger partial charge in [-0.25, -0.2) is 8.42 Å². The predicted octanol–water partition coefficient (Wildman–Crippen LogP) is -1.15. The van der Waals surface area contributed by atoms with E-state index in [0.29, 0.717) is 13.0 Å². The molecule has 1 aliphatic rings. The van der Waals surface area contributed by atoms with Crippen molar-refractivity contribution in [2.24, 2.45) is 0 Å². The Hall–Kier alpha value is -0.870. The third-order valence-corrected chi connectivity index (χ3v) is 5.79. The molecule has 0 aliphatic carbocycles. The molecule has 1 aromatic rings. The first-order valence-corrected chi connectivity index (χ1v) is 11.2. The molecule has 0 spiro atoms. The number of esters is 1. The number of nitrogens with zero attached hydrogens (tertiary/aromatic N) is 1. The van der Waals surface area contributed by atoms with E-state index in [1.807, 2.05) is 0 Å². The number of hydrogen-bond donors (Lipinski definition) is 0. The average molecular weight is 516 g/mol. The van der Waals surface area contributed by atoms with Crippen LogP contribution in [0.15, 0.2) is 17.0 Å². The Balaban J connectivity index is 0.00000512. The van der Waals surface area contributed by atoms with Crippen LogP contribution in [-0.4, -0.2) is 69.3 Å². The number of ether oxygens (including phenoxy) is 3. The van der Waals surface area contributed by atoms with Crippen LogP contribution in [0.5, 0.6) is 5.75 Å². The zero-order valence-corrected chi connectivity index (χ0v) is 22.1. The van der Waals surface area contributed by atoms with E-state index in [9.17, 15) is 22.6 Å². The van der Waals surface area contributed by atoms with Gasteiger partial charge < -0.3 is 23.7 Å². The van der Waals surface area contributed by atoms with E-state index in [-0.39, 0.29) is 70.6 Å². The average Bonchev–Trinajstić information content (AvgIpc) is 2.68. The molecule has 1 heterocycles. The fraction of sp³-hybridized carbons (Fsp3) is 0.474.